The molecule has 3 rings (SSSR count). The monoisotopic (exact) mass is 187 g/mol. The lowest BCUT2D eigenvalue weighted by Gasteiger charge is -1.95. The summed E-state index contributed by atoms with van der Waals surface area (Å²) in [6.45, 7) is 0. The van der Waals surface area contributed by atoms with Gasteiger partial charge in [0.15, 0.2) is 0 Å². The molecule has 1 aromatic carbocycles. The maximum absolute atomic E-state index is 5.75. The maximum Gasteiger partial charge on any atom is 0.0734 e. The van der Waals surface area contributed by atoms with E-state index < -0.39 is 0 Å². The van der Waals surface area contributed by atoms with Crippen LogP contribution in [0.15, 0.2) is 18.2 Å². The molecule has 1 aliphatic rings. The fraction of sp³-hybridized carbons (Fsp3) is 0.364. The number of rotatable bonds is 1. The second-order valence-corrected chi connectivity index (χ2v) is 4.06. The molecule has 1 heterocycles. The zero-order chi connectivity index (χ0) is 9.71. The van der Waals surface area contributed by atoms with Gasteiger partial charge in [-0.25, -0.2) is 0 Å². The van der Waals surface area contributed by atoms with Crippen molar-refractivity contribution in [3.8, 4) is 0 Å². The average Bonchev–Trinajstić information content (AvgIpc) is 2.94. The number of hydrogen-bond acceptors (Lipinski definition) is 2. The first-order chi connectivity index (χ1) is 6.75. The van der Waals surface area contributed by atoms with Crippen LogP contribution in [0.4, 0.5) is 5.69 Å². The van der Waals surface area contributed by atoms with Gasteiger partial charge in [-0.15, -0.1) is 0 Å². The molecule has 1 fully saturated rings. The summed E-state index contributed by atoms with van der Waals surface area (Å²) in [6, 6.07) is 6.04. The number of nitrogens with zero attached hydrogens (tertiary/aromatic N) is 2. The fourth-order valence-electron chi connectivity index (χ4n) is 1.96. The number of anilines is 1. The van der Waals surface area contributed by atoms with Crippen LogP contribution in [0.1, 0.15) is 24.5 Å². The van der Waals surface area contributed by atoms with Crippen molar-refractivity contribution in [1.29, 1.82) is 0 Å². The van der Waals surface area contributed by atoms with E-state index in [-0.39, 0.29) is 0 Å². The molecule has 1 aromatic heterocycles. The van der Waals surface area contributed by atoms with Gasteiger partial charge in [0.2, 0.25) is 0 Å². The largest absolute Gasteiger partial charge is 0.399 e. The molecule has 2 aromatic rings. The van der Waals surface area contributed by atoms with Gasteiger partial charge in [-0.3, -0.25) is 4.68 Å². The number of nitrogens with two attached hydrogens (primary N) is 1. The lowest BCUT2D eigenvalue weighted by Crippen LogP contribution is -1.91. The van der Waals surface area contributed by atoms with Crippen LogP contribution < -0.4 is 5.73 Å². The van der Waals surface area contributed by atoms with Crippen LogP contribution in [0.2, 0.25) is 0 Å². The molecule has 0 bridgehead atoms. The van der Waals surface area contributed by atoms with Crippen molar-refractivity contribution >= 4 is 16.6 Å². The molecular weight excluding hydrogens is 174 g/mol. The van der Waals surface area contributed by atoms with E-state index in [1.165, 1.54) is 23.9 Å². The highest BCUT2D eigenvalue weighted by molar-refractivity contribution is 5.85. The van der Waals surface area contributed by atoms with Crippen LogP contribution in [0.3, 0.4) is 0 Å². The van der Waals surface area contributed by atoms with E-state index in [2.05, 4.69) is 11.2 Å². The van der Waals surface area contributed by atoms with Gasteiger partial charge >= 0.3 is 0 Å². The normalized spacial score (nSPS) is 16.4. The van der Waals surface area contributed by atoms with Gasteiger partial charge in [0.1, 0.15) is 0 Å². The van der Waals surface area contributed by atoms with Gasteiger partial charge in [0.25, 0.3) is 0 Å². The Morgan fingerprint density at radius 2 is 2.21 bits per heavy atom. The molecule has 3 heteroatoms. The molecular formula is C11H13N3. The molecule has 1 saturated carbocycles. The standard InChI is InChI=1S/C11H13N3/c1-14-10-6-8(12)4-5-9(10)11(13-14)7-2-3-7/h4-7H,2-3,12H2,1H3. The molecule has 72 valence electrons. The second-order valence-electron chi connectivity index (χ2n) is 4.06. The third-order valence-corrected chi connectivity index (χ3v) is 2.87. The summed E-state index contributed by atoms with van der Waals surface area (Å²) in [5.41, 5.74) is 8.96. The first-order valence-electron chi connectivity index (χ1n) is 4.98. The SMILES string of the molecule is Cn1nc(C2CC2)c2ccc(N)cc21. The Bertz CT molecular complexity index is 494. The van der Waals surface area contributed by atoms with E-state index in [0.29, 0.717) is 5.92 Å². The summed E-state index contributed by atoms with van der Waals surface area (Å²) in [4.78, 5) is 0. The Labute approximate surface area is 82.5 Å². The molecule has 0 radical (unpaired) electrons. The van der Waals surface area contributed by atoms with Crippen LogP contribution in [0.5, 0.6) is 0 Å². The van der Waals surface area contributed by atoms with Crippen LogP contribution in [-0.4, -0.2) is 9.78 Å². The number of benzene rings is 1. The minimum absolute atomic E-state index is 0.697. The first kappa shape index (κ1) is 7.85. The van der Waals surface area contributed by atoms with Gasteiger partial charge in [0, 0.05) is 24.0 Å². The van der Waals surface area contributed by atoms with Crippen LogP contribution in [0.25, 0.3) is 10.9 Å². The minimum Gasteiger partial charge on any atom is -0.399 e. The molecule has 2 N–H and O–H groups in total. The van der Waals surface area contributed by atoms with E-state index in [4.69, 9.17) is 5.73 Å². The van der Waals surface area contributed by atoms with Crippen molar-refractivity contribution in [1.82, 2.24) is 9.78 Å². The van der Waals surface area contributed by atoms with Crippen molar-refractivity contribution < 1.29 is 0 Å². The zero-order valence-corrected chi connectivity index (χ0v) is 8.20. The molecule has 14 heavy (non-hydrogen) atoms. The van der Waals surface area contributed by atoms with E-state index in [1.54, 1.807) is 0 Å². The summed E-state index contributed by atoms with van der Waals surface area (Å²) < 4.78 is 1.93. The average molecular weight is 187 g/mol. The highest BCUT2D eigenvalue weighted by Crippen LogP contribution is 2.42. The molecule has 0 unspecified atom stereocenters. The molecule has 0 aliphatic heterocycles. The van der Waals surface area contributed by atoms with E-state index >= 15 is 0 Å². The van der Waals surface area contributed by atoms with Gasteiger partial charge in [-0.1, -0.05) is 0 Å². The summed E-state index contributed by atoms with van der Waals surface area (Å²) >= 11 is 0. The summed E-state index contributed by atoms with van der Waals surface area (Å²) in [5.74, 6) is 0.697. The number of hydrogen-bond donors (Lipinski definition) is 1. The molecule has 3 nitrogen and oxygen atoms in total. The Hall–Kier alpha value is -1.51. The smallest absolute Gasteiger partial charge is 0.0734 e. The molecule has 0 saturated heterocycles. The zero-order valence-electron chi connectivity index (χ0n) is 8.20. The van der Waals surface area contributed by atoms with Crippen LogP contribution in [-0.2, 0) is 7.05 Å². The van der Waals surface area contributed by atoms with Gasteiger partial charge in [-0.2, -0.15) is 5.10 Å². The Kier molecular flexibility index (Phi) is 1.40. The highest BCUT2D eigenvalue weighted by Gasteiger charge is 2.28. The number of nitrogen functional groups attached to an aromatic ring is 1. The van der Waals surface area contributed by atoms with E-state index in [9.17, 15) is 0 Å². The van der Waals surface area contributed by atoms with Gasteiger partial charge in [0.05, 0.1) is 11.2 Å². The first-order valence-corrected chi connectivity index (χ1v) is 4.98. The Morgan fingerprint density at radius 3 is 2.93 bits per heavy atom. The summed E-state index contributed by atoms with van der Waals surface area (Å²) in [6.07, 6.45) is 2.58. The molecule has 0 atom stereocenters. The molecule has 0 spiro atoms. The van der Waals surface area contributed by atoms with Gasteiger partial charge < -0.3 is 5.73 Å². The maximum atomic E-state index is 5.75. The van der Waals surface area contributed by atoms with Gasteiger partial charge in [-0.05, 0) is 31.0 Å². The molecule has 0 amide bonds. The van der Waals surface area contributed by atoms with Crippen molar-refractivity contribution in [2.75, 3.05) is 5.73 Å². The van der Waals surface area contributed by atoms with E-state index in [1.807, 2.05) is 23.9 Å². The second kappa shape index (κ2) is 2.50. The van der Waals surface area contributed by atoms with Crippen molar-refractivity contribution in [2.45, 2.75) is 18.8 Å². The third-order valence-electron chi connectivity index (χ3n) is 2.87. The number of aryl methyl sites for hydroxylation is 1. The minimum atomic E-state index is 0.697. The van der Waals surface area contributed by atoms with Crippen molar-refractivity contribution in [3.63, 3.8) is 0 Å². The van der Waals surface area contributed by atoms with E-state index in [0.717, 1.165) is 11.2 Å². The predicted molar refractivity (Wildman–Crippen MR) is 57.1 cm³/mol. The number of aromatic nitrogens is 2. The van der Waals surface area contributed by atoms with Crippen LogP contribution >= 0.6 is 0 Å². The Morgan fingerprint density at radius 1 is 1.43 bits per heavy atom. The fourth-order valence-corrected chi connectivity index (χ4v) is 1.96. The summed E-state index contributed by atoms with van der Waals surface area (Å²) in [7, 11) is 1.98. The van der Waals surface area contributed by atoms with Crippen LogP contribution in [0, 0.1) is 0 Å². The summed E-state index contributed by atoms with van der Waals surface area (Å²) in [5, 5.41) is 5.82. The Balaban J connectivity index is 2.32. The quantitative estimate of drug-likeness (QED) is 0.694. The topological polar surface area (TPSA) is 43.8 Å². The lowest BCUT2D eigenvalue weighted by atomic mass is 10.1. The van der Waals surface area contributed by atoms with Crippen molar-refractivity contribution in [2.24, 2.45) is 7.05 Å². The third kappa shape index (κ3) is 1.02. The predicted octanol–water partition coefficient (Wildman–Crippen LogP) is 2.03. The van der Waals surface area contributed by atoms with Crippen molar-refractivity contribution in [3.05, 3.63) is 23.9 Å². The lowest BCUT2D eigenvalue weighted by molar-refractivity contribution is 0.767. The number of fused-ring (bicyclic) bond motifs is 1. The molecule has 1 aliphatic carbocycles. The highest BCUT2D eigenvalue weighted by atomic mass is 15.3.